The largest absolute Gasteiger partial charge is 0.506 e. The van der Waals surface area contributed by atoms with Crippen molar-refractivity contribution in [3.63, 3.8) is 0 Å². The molecule has 4 rings (SSSR count). The van der Waals surface area contributed by atoms with Gasteiger partial charge in [-0.2, -0.15) is 0 Å². The number of aromatic amines is 1. The monoisotopic (exact) mass is 515 g/mol. The molecule has 0 radical (unpaired) electrons. The molecule has 4 aromatic rings. The molecule has 34 heavy (non-hydrogen) atoms. The van der Waals surface area contributed by atoms with E-state index in [-0.39, 0.29) is 10.6 Å². The van der Waals surface area contributed by atoms with Crippen molar-refractivity contribution in [1.29, 1.82) is 0 Å². The van der Waals surface area contributed by atoms with Gasteiger partial charge >= 0.3 is 4.87 Å². The van der Waals surface area contributed by atoms with Crippen molar-refractivity contribution in [2.75, 3.05) is 19.6 Å². The van der Waals surface area contributed by atoms with Crippen LogP contribution in [0.4, 0.5) is 0 Å². The maximum Gasteiger partial charge on any atom is 0.305 e. The van der Waals surface area contributed by atoms with Crippen LogP contribution in [0.2, 0.25) is 10.0 Å². The van der Waals surface area contributed by atoms with Crippen LogP contribution in [0.1, 0.15) is 22.3 Å². The summed E-state index contributed by atoms with van der Waals surface area (Å²) in [6.07, 6.45) is 2.54. The third kappa shape index (κ3) is 6.40. The minimum absolute atomic E-state index is 0.119. The lowest BCUT2D eigenvalue weighted by molar-refractivity contribution is 0.480. The number of nitrogens with one attached hydrogen (secondary N) is 3. The van der Waals surface area contributed by atoms with Crippen molar-refractivity contribution >= 4 is 44.8 Å². The van der Waals surface area contributed by atoms with Gasteiger partial charge in [0.2, 0.25) is 0 Å². The second-order valence-electron chi connectivity index (χ2n) is 8.16. The summed E-state index contributed by atoms with van der Waals surface area (Å²) < 4.78 is 0.839. The standard InChI is InChI=1S/C26H27Cl2N3O2S/c27-21-2-1-3-22(28)20(21)12-15-30-16-18-6-4-17(5-7-18)10-13-29-14-11-19-8-9-23(32)24-25(19)34-26(33)31-24/h1-9,29-30,32H,10-16H2,(H,31,33). The fourth-order valence-electron chi connectivity index (χ4n) is 3.89. The summed E-state index contributed by atoms with van der Waals surface area (Å²) in [5.41, 5.74) is 5.12. The van der Waals surface area contributed by atoms with Gasteiger partial charge in [-0.3, -0.25) is 4.79 Å². The Morgan fingerprint density at radius 2 is 1.50 bits per heavy atom. The predicted octanol–water partition coefficient (Wildman–Crippen LogP) is 5.31. The van der Waals surface area contributed by atoms with Gasteiger partial charge in [-0.05, 0) is 79.3 Å². The summed E-state index contributed by atoms with van der Waals surface area (Å²) in [4.78, 5) is 14.2. The highest BCUT2D eigenvalue weighted by Crippen LogP contribution is 2.28. The lowest BCUT2D eigenvalue weighted by Gasteiger charge is -2.09. The van der Waals surface area contributed by atoms with Crippen LogP contribution in [0.25, 0.3) is 10.2 Å². The van der Waals surface area contributed by atoms with Gasteiger partial charge < -0.3 is 20.7 Å². The van der Waals surface area contributed by atoms with Crippen LogP contribution in [0.3, 0.4) is 0 Å². The highest BCUT2D eigenvalue weighted by atomic mass is 35.5. The number of hydrogen-bond acceptors (Lipinski definition) is 5. The highest BCUT2D eigenvalue weighted by molar-refractivity contribution is 7.16. The molecule has 8 heteroatoms. The van der Waals surface area contributed by atoms with E-state index in [9.17, 15) is 9.90 Å². The van der Waals surface area contributed by atoms with E-state index in [0.29, 0.717) is 15.6 Å². The quantitative estimate of drug-likeness (QED) is 0.204. The van der Waals surface area contributed by atoms with Crippen molar-refractivity contribution in [2.24, 2.45) is 0 Å². The number of benzene rings is 3. The van der Waals surface area contributed by atoms with Gasteiger partial charge in [0.1, 0.15) is 11.3 Å². The van der Waals surface area contributed by atoms with Gasteiger partial charge in [0.15, 0.2) is 0 Å². The first-order valence-electron chi connectivity index (χ1n) is 11.3. The molecule has 1 heterocycles. The molecule has 5 nitrogen and oxygen atoms in total. The van der Waals surface area contributed by atoms with Crippen LogP contribution < -0.4 is 15.5 Å². The molecular weight excluding hydrogens is 489 g/mol. The predicted molar refractivity (Wildman–Crippen MR) is 143 cm³/mol. The molecule has 0 unspecified atom stereocenters. The SMILES string of the molecule is O=c1[nH]c2c(O)ccc(CCNCCc3ccc(CNCCc4c(Cl)cccc4Cl)cc3)c2s1. The Morgan fingerprint density at radius 1 is 0.824 bits per heavy atom. The summed E-state index contributed by atoms with van der Waals surface area (Å²) in [6, 6.07) is 17.8. The van der Waals surface area contributed by atoms with Crippen molar-refractivity contribution in [1.82, 2.24) is 15.6 Å². The van der Waals surface area contributed by atoms with Crippen LogP contribution in [0.15, 0.2) is 59.4 Å². The van der Waals surface area contributed by atoms with E-state index in [4.69, 9.17) is 23.2 Å². The summed E-state index contributed by atoms with van der Waals surface area (Å²) >= 11 is 13.6. The lowest BCUT2D eigenvalue weighted by atomic mass is 10.1. The summed E-state index contributed by atoms with van der Waals surface area (Å²) in [6.45, 7) is 3.29. The molecule has 0 aliphatic carbocycles. The molecular formula is C26H27Cl2N3O2S. The lowest BCUT2D eigenvalue weighted by Crippen LogP contribution is -2.20. The molecule has 3 aromatic carbocycles. The second kappa shape index (κ2) is 11.9. The van der Waals surface area contributed by atoms with Gasteiger partial charge in [0.25, 0.3) is 0 Å². The average Bonchev–Trinajstić information content (AvgIpc) is 3.23. The Kier molecular flexibility index (Phi) is 8.64. The maximum atomic E-state index is 11.6. The summed E-state index contributed by atoms with van der Waals surface area (Å²) in [5, 5.41) is 18.2. The third-order valence-corrected chi connectivity index (χ3v) is 7.43. The highest BCUT2D eigenvalue weighted by Gasteiger charge is 2.09. The van der Waals surface area contributed by atoms with Gasteiger partial charge in [0, 0.05) is 16.6 Å². The number of rotatable bonds is 11. The molecule has 0 fully saturated rings. The van der Waals surface area contributed by atoms with E-state index in [2.05, 4.69) is 39.9 Å². The van der Waals surface area contributed by atoms with Gasteiger partial charge in [-0.15, -0.1) is 0 Å². The molecule has 4 N–H and O–H groups in total. The van der Waals surface area contributed by atoms with Crippen LogP contribution in [-0.4, -0.2) is 29.7 Å². The van der Waals surface area contributed by atoms with Crippen molar-refractivity contribution in [2.45, 2.75) is 25.8 Å². The minimum Gasteiger partial charge on any atom is -0.506 e. The van der Waals surface area contributed by atoms with Crippen molar-refractivity contribution in [3.05, 3.63) is 96.6 Å². The Hall–Kier alpha value is -2.35. The number of hydrogen-bond donors (Lipinski definition) is 4. The van der Waals surface area contributed by atoms with E-state index >= 15 is 0 Å². The first kappa shape index (κ1) is 24.8. The Morgan fingerprint density at radius 3 is 2.26 bits per heavy atom. The number of aromatic nitrogens is 1. The van der Waals surface area contributed by atoms with Gasteiger partial charge in [0.05, 0.1) is 4.70 Å². The molecule has 0 atom stereocenters. The fourth-order valence-corrected chi connectivity index (χ4v) is 5.38. The molecule has 0 saturated carbocycles. The Labute approximate surface area is 212 Å². The van der Waals surface area contributed by atoms with Crippen molar-refractivity contribution in [3.8, 4) is 5.75 Å². The molecule has 0 aliphatic rings. The van der Waals surface area contributed by atoms with E-state index in [1.165, 1.54) is 11.1 Å². The summed E-state index contributed by atoms with van der Waals surface area (Å²) in [5.74, 6) is 0.119. The number of halogens is 2. The van der Waals surface area contributed by atoms with Crippen LogP contribution in [0.5, 0.6) is 5.75 Å². The van der Waals surface area contributed by atoms with E-state index < -0.39 is 0 Å². The zero-order valence-electron chi connectivity index (χ0n) is 18.7. The van der Waals surface area contributed by atoms with Gasteiger partial charge in [-0.1, -0.05) is 70.9 Å². The van der Waals surface area contributed by atoms with E-state index in [1.54, 1.807) is 6.07 Å². The van der Waals surface area contributed by atoms with E-state index in [1.807, 2.05) is 24.3 Å². The Balaban J connectivity index is 1.16. The minimum atomic E-state index is -0.144. The molecule has 1 aromatic heterocycles. The molecule has 0 aliphatic heterocycles. The molecule has 178 valence electrons. The average molecular weight is 516 g/mol. The first-order valence-corrected chi connectivity index (χ1v) is 12.8. The number of thiazole rings is 1. The molecule has 0 spiro atoms. The topological polar surface area (TPSA) is 77.2 Å². The first-order chi connectivity index (χ1) is 16.5. The van der Waals surface area contributed by atoms with Crippen molar-refractivity contribution < 1.29 is 5.11 Å². The zero-order chi connectivity index (χ0) is 23.9. The normalized spacial score (nSPS) is 11.4. The van der Waals surface area contributed by atoms with Gasteiger partial charge in [-0.25, -0.2) is 0 Å². The zero-order valence-corrected chi connectivity index (χ0v) is 21.0. The third-order valence-electron chi connectivity index (χ3n) is 5.77. The smallest absolute Gasteiger partial charge is 0.305 e. The Bertz CT molecular complexity index is 1280. The van der Waals surface area contributed by atoms with Crippen LogP contribution in [-0.2, 0) is 25.8 Å². The second-order valence-corrected chi connectivity index (χ2v) is 9.95. The van der Waals surface area contributed by atoms with Crippen LogP contribution >= 0.6 is 34.5 Å². The molecule has 0 bridgehead atoms. The fraction of sp³-hybridized carbons (Fsp3) is 0.269. The number of phenolic OH excluding ortho intramolecular Hbond substituents is 1. The molecule has 0 amide bonds. The number of H-pyrrole nitrogens is 1. The maximum absolute atomic E-state index is 11.6. The van der Waals surface area contributed by atoms with E-state index in [0.717, 1.165) is 72.6 Å². The van der Waals surface area contributed by atoms with Crippen LogP contribution in [0, 0.1) is 0 Å². The number of phenols is 1. The molecule has 0 saturated heterocycles. The number of aromatic hydroxyl groups is 1. The number of fused-ring (bicyclic) bond motifs is 1. The summed E-state index contributed by atoms with van der Waals surface area (Å²) in [7, 11) is 0.